The average molecular weight is 641 g/mol. The molecule has 0 spiro atoms. The van der Waals surface area contributed by atoms with Gasteiger partial charge in [-0.1, -0.05) is 115 Å². The molecule has 0 unspecified atom stereocenters. The minimum Gasteiger partial charge on any atom is -0.434 e. The lowest BCUT2D eigenvalue weighted by Gasteiger charge is -2.12. The first kappa shape index (κ1) is 28.2. The monoisotopic (exact) mass is 640 g/mol. The molecule has 0 saturated heterocycles. The molecule has 0 aliphatic rings. The molecule has 0 aliphatic heterocycles. The van der Waals surface area contributed by atoms with E-state index in [9.17, 15) is 0 Å². The van der Waals surface area contributed by atoms with Gasteiger partial charge in [0.15, 0.2) is 11.4 Å². The Bertz CT molecular complexity index is 2800. The summed E-state index contributed by atoms with van der Waals surface area (Å²) in [6.07, 6.45) is 0. The largest absolute Gasteiger partial charge is 0.434 e. The summed E-state index contributed by atoms with van der Waals surface area (Å²) in [4.78, 5) is 15.1. The Morgan fingerprint density at radius 1 is 0.440 bits per heavy atom. The second kappa shape index (κ2) is 11.4. The summed E-state index contributed by atoms with van der Waals surface area (Å²) >= 11 is 0. The van der Waals surface area contributed by atoms with Gasteiger partial charge in [-0.05, 0) is 65.4 Å². The highest BCUT2D eigenvalue weighted by Gasteiger charge is 2.21. The van der Waals surface area contributed by atoms with Gasteiger partial charge in [0, 0.05) is 38.7 Å². The van der Waals surface area contributed by atoms with Gasteiger partial charge in [-0.2, -0.15) is 0 Å². The molecule has 10 rings (SSSR count). The van der Waals surface area contributed by atoms with Crippen LogP contribution in [0.15, 0.2) is 174 Å². The van der Waals surface area contributed by atoms with Gasteiger partial charge < -0.3 is 8.98 Å². The van der Waals surface area contributed by atoms with Crippen molar-refractivity contribution in [1.29, 1.82) is 0 Å². The van der Waals surface area contributed by atoms with E-state index in [1.807, 2.05) is 66.7 Å². The molecule has 0 saturated carbocycles. The quantitative estimate of drug-likeness (QED) is 0.188. The van der Waals surface area contributed by atoms with Crippen molar-refractivity contribution in [3.63, 3.8) is 0 Å². The maximum absolute atomic E-state index is 6.65. The fourth-order valence-electron chi connectivity index (χ4n) is 7.01. The van der Waals surface area contributed by atoms with Crippen LogP contribution in [0, 0.1) is 0 Å². The van der Waals surface area contributed by atoms with E-state index in [1.54, 1.807) is 0 Å². The van der Waals surface area contributed by atoms with E-state index < -0.39 is 0 Å². The van der Waals surface area contributed by atoms with Gasteiger partial charge in [0.25, 0.3) is 0 Å². The molecule has 0 bridgehead atoms. The predicted octanol–water partition coefficient (Wildman–Crippen LogP) is 11.5. The highest BCUT2D eigenvalue weighted by Crippen LogP contribution is 2.40. The van der Waals surface area contributed by atoms with E-state index in [0.29, 0.717) is 11.7 Å². The maximum Gasteiger partial charge on any atom is 0.227 e. The normalized spacial score (nSPS) is 11.6. The van der Waals surface area contributed by atoms with Gasteiger partial charge in [-0.15, -0.1) is 0 Å². The van der Waals surface area contributed by atoms with E-state index >= 15 is 0 Å². The number of nitrogens with zero attached hydrogens (tertiary/aromatic N) is 4. The Morgan fingerprint density at radius 3 is 1.80 bits per heavy atom. The van der Waals surface area contributed by atoms with Gasteiger partial charge >= 0.3 is 0 Å². The molecule has 3 heterocycles. The second-order valence-corrected chi connectivity index (χ2v) is 12.5. The number of aromatic nitrogens is 4. The lowest BCUT2D eigenvalue weighted by Crippen LogP contribution is -1.98. The van der Waals surface area contributed by atoms with Crippen molar-refractivity contribution in [2.24, 2.45) is 0 Å². The molecular weight excluding hydrogens is 613 g/mol. The van der Waals surface area contributed by atoms with Crippen LogP contribution in [0.5, 0.6) is 0 Å². The van der Waals surface area contributed by atoms with Gasteiger partial charge in [0.1, 0.15) is 5.52 Å². The minimum atomic E-state index is 0.603. The number of rotatable bonds is 5. The Kier molecular flexibility index (Phi) is 6.42. The topological polar surface area (TPSA) is 56.7 Å². The van der Waals surface area contributed by atoms with E-state index in [1.165, 1.54) is 10.8 Å². The molecule has 3 aromatic heterocycles. The third-order valence-corrected chi connectivity index (χ3v) is 9.40. The standard InChI is InChI=1S/C45H28N4O/c1-4-13-29(14-5-1)39-28-40(47-44(46-39)30-15-6-2-7-16-30)34-21-12-22-35(25-34)49-41-27-33-20-11-10-19-32(33)26-37(41)36-23-24-38-43(42(36)49)50-45(48-38)31-17-8-3-9-18-31/h1-28H. The number of hydrogen-bond donors (Lipinski definition) is 0. The highest BCUT2D eigenvalue weighted by molar-refractivity contribution is 6.19. The van der Waals surface area contributed by atoms with Crippen LogP contribution in [0.3, 0.4) is 0 Å². The Hall–Kier alpha value is -6.85. The molecule has 0 amide bonds. The first-order valence-electron chi connectivity index (χ1n) is 16.7. The van der Waals surface area contributed by atoms with Crippen LogP contribution in [0.25, 0.3) is 94.7 Å². The average Bonchev–Trinajstić information content (AvgIpc) is 3.77. The molecule has 0 atom stereocenters. The van der Waals surface area contributed by atoms with E-state index in [0.717, 1.165) is 72.2 Å². The van der Waals surface area contributed by atoms with Crippen LogP contribution in [0.2, 0.25) is 0 Å². The van der Waals surface area contributed by atoms with Crippen LogP contribution < -0.4 is 0 Å². The first-order chi connectivity index (χ1) is 24.8. The van der Waals surface area contributed by atoms with Crippen molar-refractivity contribution in [1.82, 2.24) is 19.5 Å². The van der Waals surface area contributed by atoms with Crippen LogP contribution in [-0.2, 0) is 0 Å². The second-order valence-electron chi connectivity index (χ2n) is 12.5. The fraction of sp³-hybridized carbons (Fsp3) is 0. The number of fused-ring (bicyclic) bond motifs is 6. The molecule has 0 fully saturated rings. The van der Waals surface area contributed by atoms with Crippen molar-refractivity contribution in [2.45, 2.75) is 0 Å². The van der Waals surface area contributed by atoms with Crippen molar-refractivity contribution in [2.75, 3.05) is 0 Å². The summed E-state index contributed by atoms with van der Waals surface area (Å²) < 4.78 is 8.97. The van der Waals surface area contributed by atoms with Gasteiger partial charge in [0.2, 0.25) is 5.89 Å². The predicted molar refractivity (Wildman–Crippen MR) is 203 cm³/mol. The molecule has 5 heteroatoms. The van der Waals surface area contributed by atoms with Crippen molar-refractivity contribution < 1.29 is 4.42 Å². The number of benzene rings is 7. The lowest BCUT2D eigenvalue weighted by molar-refractivity contribution is 0.622. The van der Waals surface area contributed by atoms with Crippen LogP contribution in [0.1, 0.15) is 0 Å². The Labute approximate surface area is 287 Å². The third-order valence-electron chi connectivity index (χ3n) is 9.40. The van der Waals surface area contributed by atoms with Crippen molar-refractivity contribution >= 4 is 43.7 Å². The molecular formula is C45H28N4O. The van der Waals surface area contributed by atoms with Gasteiger partial charge in [0.05, 0.1) is 22.4 Å². The number of hydrogen-bond acceptors (Lipinski definition) is 4. The summed E-state index contributed by atoms with van der Waals surface area (Å²) in [7, 11) is 0. The van der Waals surface area contributed by atoms with Gasteiger partial charge in [-0.25, -0.2) is 15.0 Å². The van der Waals surface area contributed by atoms with Crippen molar-refractivity contribution in [3.05, 3.63) is 170 Å². The molecule has 234 valence electrons. The highest BCUT2D eigenvalue weighted by atomic mass is 16.3. The summed E-state index contributed by atoms with van der Waals surface area (Å²) in [5.74, 6) is 1.29. The van der Waals surface area contributed by atoms with Crippen LogP contribution >= 0.6 is 0 Å². The summed E-state index contributed by atoms with van der Waals surface area (Å²) in [5.41, 5.74) is 10.3. The zero-order chi connectivity index (χ0) is 33.0. The lowest BCUT2D eigenvalue weighted by atomic mass is 10.1. The zero-order valence-electron chi connectivity index (χ0n) is 26.9. The Balaban J connectivity index is 1.23. The maximum atomic E-state index is 6.65. The van der Waals surface area contributed by atoms with E-state index in [4.69, 9.17) is 19.4 Å². The fourth-order valence-corrected chi connectivity index (χ4v) is 7.01. The summed E-state index contributed by atoms with van der Waals surface area (Å²) in [6.45, 7) is 0. The van der Waals surface area contributed by atoms with Crippen LogP contribution in [0.4, 0.5) is 0 Å². The molecule has 50 heavy (non-hydrogen) atoms. The molecule has 7 aromatic carbocycles. The molecule has 5 nitrogen and oxygen atoms in total. The SMILES string of the molecule is c1ccc(-c2cc(-c3cccc(-n4c5cc6ccccc6cc5c5ccc6nc(-c7ccccc7)oc6c54)c3)nc(-c3ccccc3)n2)cc1. The smallest absolute Gasteiger partial charge is 0.227 e. The van der Waals surface area contributed by atoms with Crippen LogP contribution in [-0.4, -0.2) is 19.5 Å². The molecule has 0 radical (unpaired) electrons. The van der Waals surface area contributed by atoms with Gasteiger partial charge in [-0.3, -0.25) is 0 Å². The number of oxazole rings is 1. The third kappa shape index (κ3) is 4.67. The molecule has 0 aliphatic carbocycles. The molecule has 0 N–H and O–H groups in total. The summed E-state index contributed by atoms with van der Waals surface area (Å²) in [5, 5.41) is 4.63. The zero-order valence-corrected chi connectivity index (χ0v) is 26.9. The first-order valence-corrected chi connectivity index (χ1v) is 16.7. The van der Waals surface area contributed by atoms with E-state index in [2.05, 4.69) is 108 Å². The van der Waals surface area contributed by atoms with Crippen molar-refractivity contribution in [3.8, 4) is 51.0 Å². The summed E-state index contributed by atoms with van der Waals surface area (Å²) in [6, 6.07) is 58.5. The minimum absolute atomic E-state index is 0.603. The molecule has 10 aromatic rings. The Morgan fingerprint density at radius 2 is 1.06 bits per heavy atom. The van der Waals surface area contributed by atoms with E-state index in [-0.39, 0.29) is 0 Å².